The van der Waals surface area contributed by atoms with Crippen molar-refractivity contribution in [1.29, 1.82) is 0 Å². The first-order chi connectivity index (χ1) is 7.26. The third-order valence-corrected chi connectivity index (χ3v) is 3.19. The molecule has 0 spiro atoms. The second-order valence-corrected chi connectivity index (χ2v) is 4.84. The molecule has 90 valence electrons. The van der Waals surface area contributed by atoms with Crippen LogP contribution in [-0.4, -0.2) is 55.6 Å². The number of nitrogens with two attached hydrogens (primary N) is 1. The van der Waals surface area contributed by atoms with E-state index in [1.807, 2.05) is 0 Å². The molecule has 0 aromatic heterocycles. The smallest absolute Gasteiger partial charge is 0.0109 e. The lowest BCUT2D eigenvalue weighted by atomic mass is 10.1. The second kappa shape index (κ2) is 7.20. The lowest BCUT2D eigenvalue weighted by Crippen LogP contribution is -2.35. The van der Waals surface area contributed by atoms with Gasteiger partial charge < -0.3 is 15.5 Å². The van der Waals surface area contributed by atoms with Crippen LogP contribution in [0.25, 0.3) is 0 Å². The third kappa shape index (κ3) is 4.96. The van der Waals surface area contributed by atoms with Crippen molar-refractivity contribution in [2.24, 2.45) is 11.7 Å². The molecule has 1 heterocycles. The van der Waals surface area contributed by atoms with Crippen molar-refractivity contribution in [3.8, 4) is 0 Å². The zero-order valence-corrected chi connectivity index (χ0v) is 10.4. The minimum Gasteiger partial charge on any atom is -0.330 e. The second-order valence-electron chi connectivity index (χ2n) is 4.84. The van der Waals surface area contributed by atoms with E-state index in [4.69, 9.17) is 5.73 Å². The molecular formula is C12H27N3. The first-order valence-corrected chi connectivity index (χ1v) is 6.41. The van der Waals surface area contributed by atoms with Crippen LogP contribution in [0, 0.1) is 5.92 Å². The molecule has 0 bridgehead atoms. The molecule has 2 N–H and O–H groups in total. The monoisotopic (exact) mass is 213 g/mol. The molecule has 1 fully saturated rings. The molecule has 1 saturated heterocycles. The van der Waals surface area contributed by atoms with Crippen LogP contribution >= 0.6 is 0 Å². The standard InChI is InChI=1S/C12H27N3/c1-3-5-14-6-4-7-15(9-8-14)11-12(2)10-13/h12H,3-11,13H2,1-2H3. The van der Waals surface area contributed by atoms with Crippen LogP contribution in [0.15, 0.2) is 0 Å². The summed E-state index contributed by atoms with van der Waals surface area (Å²) < 4.78 is 0. The van der Waals surface area contributed by atoms with E-state index < -0.39 is 0 Å². The highest BCUT2D eigenvalue weighted by molar-refractivity contribution is 4.71. The van der Waals surface area contributed by atoms with E-state index in [0.717, 1.165) is 6.54 Å². The van der Waals surface area contributed by atoms with Crippen LogP contribution in [-0.2, 0) is 0 Å². The highest BCUT2D eigenvalue weighted by atomic mass is 15.2. The third-order valence-electron chi connectivity index (χ3n) is 3.19. The Bertz CT molecular complexity index is 161. The van der Waals surface area contributed by atoms with Crippen LogP contribution in [0.5, 0.6) is 0 Å². The molecule has 0 radical (unpaired) electrons. The summed E-state index contributed by atoms with van der Waals surface area (Å²) in [5.74, 6) is 0.641. The topological polar surface area (TPSA) is 32.5 Å². The lowest BCUT2D eigenvalue weighted by molar-refractivity contribution is 0.235. The SMILES string of the molecule is CCCN1CCCN(CC(C)CN)CC1. The molecule has 3 nitrogen and oxygen atoms in total. The van der Waals surface area contributed by atoms with Crippen molar-refractivity contribution < 1.29 is 0 Å². The van der Waals surface area contributed by atoms with E-state index in [1.165, 1.54) is 52.1 Å². The Morgan fingerprint density at radius 1 is 1.13 bits per heavy atom. The first-order valence-electron chi connectivity index (χ1n) is 6.41. The molecule has 1 atom stereocenters. The molecule has 1 rings (SSSR count). The molecule has 0 aromatic carbocycles. The maximum absolute atomic E-state index is 5.67. The van der Waals surface area contributed by atoms with Gasteiger partial charge >= 0.3 is 0 Å². The summed E-state index contributed by atoms with van der Waals surface area (Å²) in [6, 6.07) is 0. The van der Waals surface area contributed by atoms with E-state index in [-0.39, 0.29) is 0 Å². The number of hydrogen-bond donors (Lipinski definition) is 1. The Balaban J connectivity index is 2.26. The van der Waals surface area contributed by atoms with E-state index in [0.29, 0.717) is 5.92 Å². The summed E-state index contributed by atoms with van der Waals surface area (Å²) >= 11 is 0. The predicted octanol–water partition coefficient (Wildman–Crippen LogP) is 0.999. The molecule has 0 saturated carbocycles. The van der Waals surface area contributed by atoms with Crippen LogP contribution in [0.4, 0.5) is 0 Å². The minimum atomic E-state index is 0.641. The van der Waals surface area contributed by atoms with Gasteiger partial charge in [-0.05, 0) is 44.9 Å². The van der Waals surface area contributed by atoms with Gasteiger partial charge in [-0.2, -0.15) is 0 Å². The molecule has 1 unspecified atom stereocenters. The summed E-state index contributed by atoms with van der Waals surface area (Å²) in [7, 11) is 0. The quantitative estimate of drug-likeness (QED) is 0.739. The molecule has 1 aliphatic rings. The molecule has 0 aromatic rings. The van der Waals surface area contributed by atoms with Crippen LogP contribution in [0.2, 0.25) is 0 Å². The maximum atomic E-state index is 5.67. The van der Waals surface area contributed by atoms with Crippen molar-refractivity contribution in [2.75, 3.05) is 45.8 Å². The van der Waals surface area contributed by atoms with Crippen LogP contribution < -0.4 is 5.73 Å². The highest BCUT2D eigenvalue weighted by Gasteiger charge is 2.15. The molecule has 1 aliphatic heterocycles. The number of hydrogen-bond acceptors (Lipinski definition) is 3. The van der Waals surface area contributed by atoms with Gasteiger partial charge in [-0.3, -0.25) is 0 Å². The Hall–Kier alpha value is -0.120. The van der Waals surface area contributed by atoms with Crippen molar-refractivity contribution in [3.63, 3.8) is 0 Å². The average Bonchev–Trinajstić information content (AvgIpc) is 2.45. The zero-order valence-electron chi connectivity index (χ0n) is 10.4. The van der Waals surface area contributed by atoms with E-state index in [2.05, 4.69) is 23.6 Å². The number of nitrogens with zero attached hydrogens (tertiary/aromatic N) is 2. The molecule has 15 heavy (non-hydrogen) atoms. The molecular weight excluding hydrogens is 186 g/mol. The fourth-order valence-corrected chi connectivity index (χ4v) is 2.26. The van der Waals surface area contributed by atoms with Gasteiger partial charge in [0.1, 0.15) is 0 Å². The lowest BCUT2D eigenvalue weighted by Gasteiger charge is -2.23. The van der Waals surface area contributed by atoms with E-state index >= 15 is 0 Å². The maximum Gasteiger partial charge on any atom is 0.0109 e. The summed E-state index contributed by atoms with van der Waals surface area (Å²) in [5.41, 5.74) is 5.67. The van der Waals surface area contributed by atoms with Gasteiger partial charge in [0.05, 0.1) is 0 Å². The predicted molar refractivity (Wildman–Crippen MR) is 66.0 cm³/mol. The summed E-state index contributed by atoms with van der Waals surface area (Å²) in [6.45, 7) is 12.8. The highest BCUT2D eigenvalue weighted by Crippen LogP contribution is 2.06. The Morgan fingerprint density at radius 2 is 1.80 bits per heavy atom. The fourth-order valence-electron chi connectivity index (χ4n) is 2.26. The molecule has 3 heteroatoms. The van der Waals surface area contributed by atoms with Gasteiger partial charge in [0.2, 0.25) is 0 Å². The van der Waals surface area contributed by atoms with Crippen molar-refractivity contribution in [3.05, 3.63) is 0 Å². The molecule has 0 amide bonds. The van der Waals surface area contributed by atoms with Crippen molar-refractivity contribution >= 4 is 0 Å². The largest absolute Gasteiger partial charge is 0.330 e. The van der Waals surface area contributed by atoms with Gasteiger partial charge in [0.15, 0.2) is 0 Å². The minimum absolute atomic E-state index is 0.641. The van der Waals surface area contributed by atoms with Gasteiger partial charge in [0, 0.05) is 19.6 Å². The Morgan fingerprint density at radius 3 is 2.47 bits per heavy atom. The number of rotatable bonds is 5. The normalized spacial score (nSPS) is 22.6. The Labute approximate surface area is 94.6 Å². The van der Waals surface area contributed by atoms with Gasteiger partial charge in [-0.1, -0.05) is 13.8 Å². The van der Waals surface area contributed by atoms with E-state index in [9.17, 15) is 0 Å². The summed E-state index contributed by atoms with van der Waals surface area (Å²) in [4.78, 5) is 5.17. The fraction of sp³-hybridized carbons (Fsp3) is 1.00. The van der Waals surface area contributed by atoms with Crippen LogP contribution in [0.3, 0.4) is 0 Å². The van der Waals surface area contributed by atoms with E-state index in [1.54, 1.807) is 0 Å². The first kappa shape index (κ1) is 12.9. The summed E-state index contributed by atoms with van der Waals surface area (Å²) in [6.07, 6.45) is 2.59. The van der Waals surface area contributed by atoms with Gasteiger partial charge in [0.25, 0.3) is 0 Å². The molecule has 0 aliphatic carbocycles. The van der Waals surface area contributed by atoms with Gasteiger partial charge in [-0.15, -0.1) is 0 Å². The van der Waals surface area contributed by atoms with Gasteiger partial charge in [-0.25, -0.2) is 0 Å². The van der Waals surface area contributed by atoms with Crippen molar-refractivity contribution in [2.45, 2.75) is 26.7 Å². The Kier molecular flexibility index (Phi) is 6.22. The van der Waals surface area contributed by atoms with Crippen LogP contribution in [0.1, 0.15) is 26.7 Å². The average molecular weight is 213 g/mol. The van der Waals surface area contributed by atoms with Crippen molar-refractivity contribution in [1.82, 2.24) is 9.80 Å². The zero-order chi connectivity index (χ0) is 11.1. The summed E-state index contributed by atoms with van der Waals surface area (Å²) in [5, 5.41) is 0.